The van der Waals surface area contributed by atoms with E-state index in [9.17, 15) is 9.59 Å². The first-order chi connectivity index (χ1) is 10.1. The summed E-state index contributed by atoms with van der Waals surface area (Å²) in [6.07, 6.45) is 4.08. The number of hydrogen-bond donors (Lipinski definition) is 4. The number of carboxylic acid groups (broad SMARTS) is 1. The smallest absolute Gasteiger partial charge is 0.335 e. The Hall–Kier alpha value is -2.08. The highest BCUT2D eigenvalue weighted by molar-refractivity contribution is 5.87. The molecule has 6 heteroatoms. The van der Waals surface area contributed by atoms with Gasteiger partial charge in [-0.25, -0.2) is 9.59 Å². The summed E-state index contributed by atoms with van der Waals surface area (Å²) in [5, 5.41) is 14.5. The molecule has 0 saturated heterocycles. The second-order valence-electron chi connectivity index (χ2n) is 5.38. The van der Waals surface area contributed by atoms with Gasteiger partial charge in [-0.15, -0.1) is 0 Å². The van der Waals surface area contributed by atoms with E-state index in [1.54, 1.807) is 12.1 Å². The van der Waals surface area contributed by atoms with Gasteiger partial charge in [-0.05, 0) is 30.5 Å². The minimum Gasteiger partial charge on any atom is -0.478 e. The average molecular weight is 291 g/mol. The first-order valence-corrected chi connectivity index (χ1v) is 7.18. The van der Waals surface area contributed by atoms with Gasteiger partial charge in [-0.3, -0.25) is 0 Å². The van der Waals surface area contributed by atoms with Crippen molar-refractivity contribution < 1.29 is 14.7 Å². The molecule has 1 aliphatic carbocycles. The fourth-order valence-electron chi connectivity index (χ4n) is 2.51. The van der Waals surface area contributed by atoms with Gasteiger partial charge in [0.2, 0.25) is 0 Å². The van der Waals surface area contributed by atoms with Crippen molar-refractivity contribution in [2.45, 2.75) is 44.3 Å². The fraction of sp³-hybridized carbons (Fsp3) is 0.467. The molecule has 0 radical (unpaired) electrons. The zero-order valence-electron chi connectivity index (χ0n) is 11.8. The van der Waals surface area contributed by atoms with Crippen molar-refractivity contribution in [1.82, 2.24) is 10.6 Å². The van der Waals surface area contributed by atoms with Gasteiger partial charge in [0.1, 0.15) is 0 Å². The lowest BCUT2D eigenvalue weighted by Crippen LogP contribution is -2.52. The van der Waals surface area contributed by atoms with Gasteiger partial charge in [-0.2, -0.15) is 0 Å². The van der Waals surface area contributed by atoms with Crippen LogP contribution >= 0.6 is 0 Å². The first-order valence-electron chi connectivity index (χ1n) is 7.18. The molecule has 1 aromatic rings. The third-order valence-corrected chi connectivity index (χ3v) is 3.79. The lowest BCUT2D eigenvalue weighted by Gasteiger charge is -2.29. The van der Waals surface area contributed by atoms with Gasteiger partial charge in [0.25, 0.3) is 0 Å². The number of carbonyl (C=O) groups excluding carboxylic acids is 1. The Morgan fingerprint density at radius 2 is 1.86 bits per heavy atom. The molecule has 1 saturated carbocycles. The number of urea groups is 1. The molecule has 0 aliphatic heterocycles. The molecule has 2 atom stereocenters. The van der Waals surface area contributed by atoms with Crippen LogP contribution in [0, 0.1) is 0 Å². The van der Waals surface area contributed by atoms with Crippen LogP contribution in [0.1, 0.15) is 41.6 Å². The maximum Gasteiger partial charge on any atom is 0.335 e. The number of amides is 2. The van der Waals surface area contributed by atoms with Crippen molar-refractivity contribution >= 4 is 12.0 Å². The number of benzene rings is 1. The number of carbonyl (C=O) groups is 2. The van der Waals surface area contributed by atoms with E-state index < -0.39 is 5.97 Å². The summed E-state index contributed by atoms with van der Waals surface area (Å²) >= 11 is 0. The highest BCUT2D eigenvalue weighted by Gasteiger charge is 2.22. The van der Waals surface area contributed by atoms with Crippen LogP contribution < -0.4 is 16.4 Å². The van der Waals surface area contributed by atoms with Gasteiger partial charge in [0, 0.05) is 18.6 Å². The predicted octanol–water partition coefficient (Wildman–Crippen LogP) is 1.45. The molecule has 0 bridgehead atoms. The lowest BCUT2D eigenvalue weighted by atomic mass is 9.91. The molecule has 0 spiro atoms. The zero-order valence-corrected chi connectivity index (χ0v) is 11.8. The minimum atomic E-state index is -0.960. The molecule has 0 heterocycles. The van der Waals surface area contributed by atoms with Crippen LogP contribution in [-0.2, 0) is 6.54 Å². The molecular formula is C15H21N3O3. The van der Waals surface area contributed by atoms with Gasteiger partial charge in [0.15, 0.2) is 0 Å². The van der Waals surface area contributed by atoms with Crippen LogP contribution in [0.2, 0.25) is 0 Å². The standard InChI is InChI=1S/C15H21N3O3/c16-12-3-1-2-4-13(12)18-15(21)17-9-10-5-7-11(8-6-10)14(19)20/h5-8,12-13H,1-4,9,16H2,(H,19,20)(H2,17,18,21). The molecular weight excluding hydrogens is 270 g/mol. The van der Waals surface area contributed by atoms with E-state index in [1.807, 2.05) is 0 Å². The number of hydrogen-bond acceptors (Lipinski definition) is 3. The van der Waals surface area contributed by atoms with Crippen molar-refractivity contribution in [3.63, 3.8) is 0 Å². The number of carboxylic acids is 1. The molecule has 5 N–H and O–H groups in total. The highest BCUT2D eigenvalue weighted by Crippen LogP contribution is 2.16. The number of nitrogens with one attached hydrogen (secondary N) is 2. The zero-order chi connectivity index (χ0) is 15.2. The van der Waals surface area contributed by atoms with Crippen molar-refractivity contribution in [2.75, 3.05) is 0 Å². The first kappa shape index (κ1) is 15.3. The molecule has 6 nitrogen and oxygen atoms in total. The summed E-state index contributed by atoms with van der Waals surface area (Å²) in [5.74, 6) is -0.960. The summed E-state index contributed by atoms with van der Waals surface area (Å²) in [7, 11) is 0. The number of aromatic carboxylic acids is 1. The number of rotatable bonds is 4. The Bertz CT molecular complexity index is 501. The van der Waals surface area contributed by atoms with Crippen molar-refractivity contribution in [1.29, 1.82) is 0 Å². The van der Waals surface area contributed by atoms with Crippen molar-refractivity contribution in [3.8, 4) is 0 Å². The summed E-state index contributed by atoms with van der Waals surface area (Å²) in [6.45, 7) is 0.355. The number of nitrogens with two attached hydrogens (primary N) is 1. The summed E-state index contributed by atoms with van der Waals surface area (Å²) in [5.41, 5.74) is 7.06. The Kier molecular flexibility index (Phi) is 5.16. The van der Waals surface area contributed by atoms with Crippen LogP contribution in [0.4, 0.5) is 4.79 Å². The molecule has 21 heavy (non-hydrogen) atoms. The SMILES string of the molecule is NC1CCCCC1NC(=O)NCc1ccc(C(=O)O)cc1. The van der Waals surface area contributed by atoms with Crippen molar-refractivity contribution in [3.05, 3.63) is 35.4 Å². The monoisotopic (exact) mass is 291 g/mol. The van der Waals surface area contributed by atoms with Crippen LogP contribution in [-0.4, -0.2) is 29.2 Å². The van der Waals surface area contributed by atoms with Gasteiger partial charge in [0.05, 0.1) is 5.56 Å². The van der Waals surface area contributed by atoms with Crippen LogP contribution in [0.15, 0.2) is 24.3 Å². The maximum atomic E-state index is 11.8. The molecule has 1 aromatic carbocycles. The molecule has 114 valence electrons. The molecule has 2 rings (SSSR count). The molecule has 0 aromatic heterocycles. The third-order valence-electron chi connectivity index (χ3n) is 3.79. The summed E-state index contributed by atoms with van der Waals surface area (Å²) < 4.78 is 0. The average Bonchev–Trinajstić information content (AvgIpc) is 2.48. The van der Waals surface area contributed by atoms with Crippen LogP contribution in [0.5, 0.6) is 0 Å². The molecule has 2 amide bonds. The van der Waals surface area contributed by atoms with E-state index in [0.29, 0.717) is 6.54 Å². The summed E-state index contributed by atoms with van der Waals surface area (Å²) in [4.78, 5) is 22.6. The van der Waals surface area contributed by atoms with Gasteiger partial charge >= 0.3 is 12.0 Å². The predicted molar refractivity (Wildman–Crippen MR) is 79.0 cm³/mol. The van der Waals surface area contributed by atoms with E-state index in [2.05, 4.69) is 10.6 Å². The molecule has 1 fully saturated rings. The normalized spacial score (nSPS) is 21.6. The summed E-state index contributed by atoms with van der Waals surface area (Å²) in [6, 6.07) is 6.25. The van der Waals surface area contributed by atoms with Crippen molar-refractivity contribution in [2.24, 2.45) is 5.73 Å². The van der Waals surface area contributed by atoms with Crippen LogP contribution in [0.3, 0.4) is 0 Å². The minimum absolute atomic E-state index is 0.0272. The maximum absolute atomic E-state index is 11.8. The van der Waals surface area contributed by atoms with E-state index in [-0.39, 0.29) is 23.7 Å². The van der Waals surface area contributed by atoms with Crippen LogP contribution in [0.25, 0.3) is 0 Å². The Balaban J connectivity index is 1.79. The quantitative estimate of drug-likeness (QED) is 0.674. The second-order valence-corrected chi connectivity index (χ2v) is 5.38. The second kappa shape index (κ2) is 7.08. The van der Waals surface area contributed by atoms with E-state index in [4.69, 9.17) is 10.8 Å². The highest BCUT2D eigenvalue weighted by atomic mass is 16.4. The van der Waals surface area contributed by atoms with E-state index >= 15 is 0 Å². The third kappa shape index (κ3) is 4.46. The Morgan fingerprint density at radius 3 is 2.48 bits per heavy atom. The Morgan fingerprint density at radius 1 is 1.19 bits per heavy atom. The van der Waals surface area contributed by atoms with E-state index in [0.717, 1.165) is 31.2 Å². The van der Waals surface area contributed by atoms with E-state index in [1.165, 1.54) is 12.1 Å². The van der Waals surface area contributed by atoms with Gasteiger partial charge < -0.3 is 21.5 Å². The molecule has 2 unspecified atom stereocenters. The Labute approximate surface area is 123 Å². The lowest BCUT2D eigenvalue weighted by molar-refractivity contribution is 0.0697. The van der Waals surface area contributed by atoms with Gasteiger partial charge in [-0.1, -0.05) is 25.0 Å². The fourth-order valence-corrected chi connectivity index (χ4v) is 2.51. The largest absolute Gasteiger partial charge is 0.478 e. The topological polar surface area (TPSA) is 104 Å². The molecule has 1 aliphatic rings.